The van der Waals surface area contributed by atoms with Crippen LogP contribution >= 0.6 is 0 Å². The Kier molecular flexibility index (Phi) is 4.38. The summed E-state index contributed by atoms with van der Waals surface area (Å²) in [7, 11) is 0. The van der Waals surface area contributed by atoms with E-state index in [1.165, 1.54) is 0 Å². The quantitative estimate of drug-likeness (QED) is 0.337. The Labute approximate surface area is 105 Å². The van der Waals surface area contributed by atoms with Crippen molar-refractivity contribution in [2.45, 2.75) is 19.4 Å². The highest BCUT2D eigenvalue weighted by Gasteiger charge is 2.12. The first kappa shape index (κ1) is 12.7. The molecule has 98 valence electrons. The van der Waals surface area contributed by atoms with Crippen molar-refractivity contribution in [2.24, 2.45) is 5.84 Å². The van der Waals surface area contributed by atoms with E-state index >= 15 is 0 Å². The number of amides is 1. The maximum atomic E-state index is 10.9. The molecule has 1 aliphatic rings. The number of nitrogens with two attached hydrogens (primary N) is 1. The fourth-order valence-corrected chi connectivity index (χ4v) is 1.63. The lowest BCUT2D eigenvalue weighted by molar-refractivity contribution is -0.121. The zero-order chi connectivity index (χ0) is 12.8. The molecule has 1 heterocycles. The van der Waals surface area contributed by atoms with Gasteiger partial charge in [0.15, 0.2) is 11.5 Å². The van der Waals surface area contributed by atoms with Crippen molar-refractivity contribution in [3.8, 4) is 11.5 Å². The topological polar surface area (TPSA) is 82.8 Å². The molecular formula is C12H16N2O4. The molecule has 0 bridgehead atoms. The maximum Gasteiger partial charge on any atom is 0.233 e. The van der Waals surface area contributed by atoms with E-state index in [1.807, 2.05) is 18.2 Å². The SMILES string of the molecule is NNC(=O)CCCOCc1ccc2c(c1)OCO2. The monoisotopic (exact) mass is 252 g/mol. The number of hydrogen-bond donors (Lipinski definition) is 2. The van der Waals surface area contributed by atoms with Gasteiger partial charge in [0.2, 0.25) is 12.7 Å². The highest BCUT2D eigenvalue weighted by atomic mass is 16.7. The molecule has 0 aliphatic carbocycles. The third-order valence-corrected chi connectivity index (χ3v) is 2.56. The summed E-state index contributed by atoms with van der Waals surface area (Å²) in [5, 5.41) is 0. The summed E-state index contributed by atoms with van der Waals surface area (Å²) in [5.41, 5.74) is 3.09. The first-order valence-electron chi connectivity index (χ1n) is 5.75. The van der Waals surface area contributed by atoms with Crippen LogP contribution in [0.3, 0.4) is 0 Å². The highest BCUT2D eigenvalue weighted by Crippen LogP contribution is 2.32. The standard InChI is InChI=1S/C12H16N2O4/c13-14-12(15)2-1-5-16-7-9-3-4-10-11(6-9)18-8-17-10/h3-4,6H,1-2,5,7-8,13H2,(H,14,15). The summed E-state index contributed by atoms with van der Waals surface area (Å²) in [6.07, 6.45) is 1.02. The summed E-state index contributed by atoms with van der Waals surface area (Å²) >= 11 is 0. The van der Waals surface area contributed by atoms with Crippen molar-refractivity contribution in [3.05, 3.63) is 23.8 Å². The third-order valence-electron chi connectivity index (χ3n) is 2.56. The van der Waals surface area contributed by atoms with Gasteiger partial charge in [-0.05, 0) is 24.1 Å². The van der Waals surface area contributed by atoms with Gasteiger partial charge in [-0.25, -0.2) is 5.84 Å². The molecule has 0 aromatic heterocycles. The number of benzene rings is 1. The van der Waals surface area contributed by atoms with Crippen LogP contribution in [-0.2, 0) is 16.1 Å². The van der Waals surface area contributed by atoms with Crippen LogP contribution in [0.4, 0.5) is 0 Å². The fraction of sp³-hybridized carbons (Fsp3) is 0.417. The smallest absolute Gasteiger partial charge is 0.233 e. The highest BCUT2D eigenvalue weighted by molar-refractivity contribution is 5.75. The summed E-state index contributed by atoms with van der Waals surface area (Å²) in [4.78, 5) is 10.9. The molecule has 3 N–H and O–H groups in total. The summed E-state index contributed by atoms with van der Waals surface area (Å²) in [6, 6.07) is 5.69. The Morgan fingerprint density at radius 2 is 2.22 bits per heavy atom. The van der Waals surface area contributed by atoms with Crippen molar-refractivity contribution in [1.82, 2.24) is 5.43 Å². The molecule has 1 aromatic carbocycles. The summed E-state index contributed by atoms with van der Waals surface area (Å²) < 4.78 is 15.9. The number of nitrogens with one attached hydrogen (secondary N) is 1. The Morgan fingerprint density at radius 3 is 3.06 bits per heavy atom. The van der Waals surface area contributed by atoms with Crippen LogP contribution in [0.1, 0.15) is 18.4 Å². The number of carbonyl (C=O) groups is 1. The van der Waals surface area contributed by atoms with E-state index in [4.69, 9.17) is 20.1 Å². The Morgan fingerprint density at radius 1 is 1.39 bits per heavy atom. The van der Waals surface area contributed by atoms with Gasteiger partial charge >= 0.3 is 0 Å². The number of fused-ring (bicyclic) bond motifs is 1. The van der Waals surface area contributed by atoms with Gasteiger partial charge in [-0.15, -0.1) is 0 Å². The molecule has 0 fully saturated rings. The largest absolute Gasteiger partial charge is 0.454 e. The molecule has 1 aliphatic heterocycles. The molecular weight excluding hydrogens is 236 g/mol. The van der Waals surface area contributed by atoms with Gasteiger partial charge in [0.25, 0.3) is 0 Å². The molecule has 1 amide bonds. The van der Waals surface area contributed by atoms with E-state index in [9.17, 15) is 4.79 Å². The second-order valence-electron chi connectivity index (χ2n) is 3.91. The normalized spacial score (nSPS) is 12.5. The lowest BCUT2D eigenvalue weighted by Gasteiger charge is -2.05. The maximum absolute atomic E-state index is 10.9. The predicted octanol–water partition coefficient (Wildman–Crippen LogP) is 0.702. The molecule has 2 rings (SSSR count). The minimum absolute atomic E-state index is 0.179. The van der Waals surface area contributed by atoms with Crippen molar-refractivity contribution < 1.29 is 19.0 Å². The van der Waals surface area contributed by atoms with Crippen LogP contribution in [0, 0.1) is 0 Å². The van der Waals surface area contributed by atoms with Crippen LogP contribution in [0.15, 0.2) is 18.2 Å². The lowest BCUT2D eigenvalue weighted by Crippen LogP contribution is -2.29. The minimum atomic E-state index is -0.179. The molecule has 18 heavy (non-hydrogen) atoms. The average molecular weight is 252 g/mol. The van der Waals surface area contributed by atoms with Crippen molar-refractivity contribution in [3.63, 3.8) is 0 Å². The first-order valence-corrected chi connectivity index (χ1v) is 5.75. The molecule has 0 unspecified atom stereocenters. The Bertz CT molecular complexity index is 423. The van der Waals surface area contributed by atoms with Gasteiger partial charge in [0.05, 0.1) is 6.61 Å². The number of hydrogen-bond acceptors (Lipinski definition) is 5. The minimum Gasteiger partial charge on any atom is -0.454 e. The van der Waals surface area contributed by atoms with Gasteiger partial charge in [-0.2, -0.15) is 0 Å². The van der Waals surface area contributed by atoms with Crippen LogP contribution in [-0.4, -0.2) is 19.3 Å². The van der Waals surface area contributed by atoms with E-state index in [-0.39, 0.29) is 12.7 Å². The van der Waals surface area contributed by atoms with Crippen molar-refractivity contribution >= 4 is 5.91 Å². The second-order valence-corrected chi connectivity index (χ2v) is 3.91. The van der Waals surface area contributed by atoms with Gasteiger partial charge in [0, 0.05) is 13.0 Å². The lowest BCUT2D eigenvalue weighted by atomic mass is 10.2. The molecule has 1 aromatic rings. The summed E-state index contributed by atoms with van der Waals surface area (Å²) in [6.45, 7) is 1.27. The molecule has 0 atom stereocenters. The molecule has 6 heteroatoms. The number of carbonyl (C=O) groups excluding carboxylic acids is 1. The fourth-order valence-electron chi connectivity index (χ4n) is 1.63. The molecule has 0 radical (unpaired) electrons. The third kappa shape index (κ3) is 3.35. The second kappa shape index (κ2) is 6.23. The van der Waals surface area contributed by atoms with Gasteiger partial charge < -0.3 is 14.2 Å². The van der Waals surface area contributed by atoms with E-state index in [0.717, 1.165) is 17.1 Å². The van der Waals surface area contributed by atoms with Gasteiger partial charge in [0.1, 0.15) is 0 Å². The van der Waals surface area contributed by atoms with Gasteiger partial charge in [-0.1, -0.05) is 6.07 Å². The van der Waals surface area contributed by atoms with Crippen molar-refractivity contribution in [1.29, 1.82) is 0 Å². The Balaban J connectivity index is 1.69. The first-order chi connectivity index (χ1) is 8.79. The van der Waals surface area contributed by atoms with Gasteiger partial charge in [-0.3, -0.25) is 10.2 Å². The van der Waals surface area contributed by atoms with Crippen LogP contribution in [0.2, 0.25) is 0 Å². The van der Waals surface area contributed by atoms with E-state index in [1.54, 1.807) is 0 Å². The number of rotatable bonds is 6. The predicted molar refractivity (Wildman–Crippen MR) is 63.8 cm³/mol. The zero-order valence-electron chi connectivity index (χ0n) is 9.98. The Hall–Kier alpha value is -1.79. The van der Waals surface area contributed by atoms with Crippen molar-refractivity contribution in [2.75, 3.05) is 13.4 Å². The van der Waals surface area contributed by atoms with Crippen LogP contribution in [0.25, 0.3) is 0 Å². The van der Waals surface area contributed by atoms with E-state index in [0.29, 0.717) is 26.1 Å². The van der Waals surface area contributed by atoms with Crippen LogP contribution < -0.4 is 20.7 Å². The van der Waals surface area contributed by atoms with Crippen LogP contribution in [0.5, 0.6) is 11.5 Å². The number of ether oxygens (including phenoxy) is 3. The van der Waals surface area contributed by atoms with E-state index in [2.05, 4.69) is 5.43 Å². The molecule has 0 saturated carbocycles. The molecule has 6 nitrogen and oxygen atoms in total. The zero-order valence-corrected chi connectivity index (χ0v) is 9.98. The number of hydrazine groups is 1. The summed E-state index contributed by atoms with van der Waals surface area (Å²) in [5.74, 6) is 6.30. The van der Waals surface area contributed by atoms with E-state index < -0.39 is 0 Å². The molecule has 0 spiro atoms. The average Bonchev–Trinajstić information content (AvgIpc) is 2.85. The molecule has 0 saturated heterocycles.